The summed E-state index contributed by atoms with van der Waals surface area (Å²) in [5.74, 6) is 0.733. The number of aromatic nitrogens is 1. The molecule has 1 N–H and O–H groups in total. The van der Waals surface area contributed by atoms with Crippen molar-refractivity contribution in [1.29, 1.82) is 0 Å². The Balaban J connectivity index is 1.29. The van der Waals surface area contributed by atoms with E-state index in [0.717, 1.165) is 40.3 Å². The molecule has 3 aromatic carbocycles. The fourth-order valence-corrected chi connectivity index (χ4v) is 4.43. The first-order valence-corrected chi connectivity index (χ1v) is 12.0. The Bertz CT molecular complexity index is 1420. The van der Waals surface area contributed by atoms with Crippen LogP contribution in [-0.4, -0.2) is 18.8 Å². The summed E-state index contributed by atoms with van der Waals surface area (Å²) in [5, 5.41) is 3.43. The Hall–Kier alpha value is -4.27. The lowest BCUT2D eigenvalue weighted by Gasteiger charge is -2.27. The van der Waals surface area contributed by atoms with Gasteiger partial charge in [-0.15, -0.1) is 0 Å². The van der Waals surface area contributed by atoms with Crippen molar-refractivity contribution < 1.29 is 27.0 Å². The first-order chi connectivity index (χ1) is 18.2. The molecule has 1 unspecified atom stereocenters. The number of methoxy groups -OCH3 is 1. The van der Waals surface area contributed by atoms with Gasteiger partial charge in [-0.1, -0.05) is 30.3 Å². The van der Waals surface area contributed by atoms with Gasteiger partial charge in [0.25, 0.3) is 0 Å². The number of hydrogen-bond donors (Lipinski definition) is 1. The molecule has 2 heterocycles. The highest BCUT2D eigenvalue weighted by molar-refractivity contribution is 5.81. The molecular formula is C29H25F4N3O2. The van der Waals surface area contributed by atoms with E-state index >= 15 is 0 Å². The zero-order valence-electron chi connectivity index (χ0n) is 20.7. The van der Waals surface area contributed by atoms with Gasteiger partial charge in [-0.3, -0.25) is 4.98 Å². The molecule has 5 nitrogen and oxygen atoms in total. The lowest BCUT2D eigenvalue weighted by atomic mass is 10.0. The van der Waals surface area contributed by atoms with Crippen molar-refractivity contribution in [3.63, 3.8) is 0 Å². The number of benzene rings is 3. The van der Waals surface area contributed by atoms with E-state index in [9.17, 15) is 17.6 Å². The van der Waals surface area contributed by atoms with Crippen molar-refractivity contribution in [2.75, 3.05) is 24.0 Å². The molecule has 1 aromatic heterocycles. The van der Waals surface area contributed by atoms with Crippen LogP contribution >= 0.6 is 0 Å². The zero-order chi connectivity index (χ0) is 26.9. The number of hydrogen-bond acceptors (Lipinski definition) is 5. The number of pyridine rings is 1. The Kier molecular flexibility index (Phi) is 6.84. The van der Waals surface area contributed by atoms with Gasteiger partial charge in [-0.2, -0.15) is 13.2 Å². The molecule has 0 fully saturated rings. The second kappa shape index (κ2) is 10.2. The Labute approximate surface area is 217 Å². The maximum absolute atomic E-state index is 13.3. The highest BCUT2D eigenvalue weighted by Gasteiger charge is 2.32. The van der Waals surface area contributed by atoms with Crippen molar-refractivity contribution in [2.45, 2.75) is 25.7 Å². The van der Waals surface area contributed by atoms with Crippen LogP contribution in [0.5, 0.6) is 11.5 Å². The summed E-state index contributed by atoms with van der Waals surface area (Å²) in [4.78, 5) is 5.70. The number of nitrogens with zero attached hydrogens (tertiary/aromatic N) is 2. The van der Waals surface area contributed by atoms with E-state index in [1.807, 2.05) is 18.2 Å². The van der Waals surface area contributed by atoms with Gasteiger partial charge < -0.3 is 19.7 Å². The van der Waals surface area contributed by atoms with Crippen LogP contribution in [0.4, 0.5) is 28.9 Å². The Morgan fingerprint density at radius 1 is 0.947 bits per heavy atom. The Morgan fingerprint density at radius 2 is 1.71 bits per heavy atom. The third kappa shape index (κ3) is 5.22. The number of anilines is 2. The van der Waals surface area contributed by atoms with Crippen LogP contribution in [-0.2, 0) is 12.8 Å². The molecule has 0 aliphatic carbocycles. The SMILES string of the molecule is COc1cc(C(C)N2CNc3cc(-c4ccc(F)cc4)ccc32)ccc1OCc1ccc(C(F)(F)F)nc1. The minimum atomic E-state index is -4.48. The molecule has 196 valence electrons. The summed E-state index contributed by atoms with van der Waals surface area (Å²) in [6.07, 6.45) is -3.32. The van der Waals surface area contributed by atoms with Gasteiger partial charge in [0.2, 0.25) is 0 Å². The average Bonchev–Trinajstić information content (AvgIpc) is 3.35. The normalized spacial score (nSPS) is 13.6. The number of ether oxygens (including phenoxy) is 2. The standard InChI is InChI=1S/C29H25F4N3O2/c1-18(36-17-35-24-13-22(6-10-25(24)36)20-4-8-23(30)9-5-20)21-7-11-26(27(14-21)37-2)38-16-19-3-12-28(34-15-19)29(31,32)33/h3-15,18,35H,16-17H2,1-2H3. The minimum Gasteiger partial charge on any atom is -0.493 e. The predicted octanol–water partition coefficient (Wildman–Crippen LogP) is 7.44. The van der Waals surface area contributed by atoms with E-state index in [0.29, 0.717) is 23.7 Å². The molecule has 1 aliphatic heterocycles. The second-order valence-corrected chi connectivity index (χ2v) is 8.97. The van der Waals surface area contributed by atoms with E-state index in [1.165, 1.54) is 18.2 Å². The van der Waals surface area contributed by atoms with Gasteiger partial charge in [-0.05, 0) is 66.1 Å². The van der Waals surface area contributed by atoms with Crippen LogP contribution < -0.4 is 19.7 Å². The van der Waals surface area contributed by atoms with Crippen LogP contribution in [0.1, 0.15) is 29.8 Å². The highest BCUT2D eigenvalue weighted by Crippen LogP contribution is 2.41. The fourth-order valence-electron chi connectivity index (χ4n) is 4.43. The number of fused-ring (bicyclic) bond motifs is 1. The van der Waals surface area contributed by atoms with Crippen LogP contribution in [0.25, 0.3) is 11.1 Å². The quantitative estimate of drug-likeness (QED) is 0.255. The molecule has 5 rings (SSSR count). The van der Waals surface area contributed by atoms with Crippen LogP contribution in [0.3, 0.4) is 0 Å². The first-order valence-electron chi connectivity index (χ1n) is 12.0. The number of alkyl halides is 3. The lowest BCUT2D eigenvalue weighted by molar-refractivity contribution is -0.141. The number of halogens is 4. The van der Waals surface area contributed by atoms with E-state index in [1.54, 1.807) is 25.3 Å². The maximum atomic E-state index is 13.3. The number of rotatable bonds is 7. The molecule has 0 saturated heterocycles. The zero-order valence-corrected chi connectivity index (χ0v) is 20.7. The molecular weight excluding hydrogens is 498 g/mol. The molecule has 1 atom stereocenters. The predicted molar refractivity (Wildman–Crippen MR) is 138 cm³/mol. The molecule has 0 radical (unpaired) electrons. The molecule has 4 aromatic rings. The van der Waals surface area contributed by atoms with Gasteiger partial charge in [0.15, 0.2) is 11.5 Å². The largest absolute Gasteiger partial charge is 0.493 e. The molecule has 38 heavy (non-hydrogen) atoms. The first kappa shape index (κ1) is 25.4. The summed E-state index contributed by atoms with van der Waals surface area (Å²) < 4.78 is 62.9. The molecule has 0 spiro atoms. The van der Waals surface area contributed by atoms with E-state index < -0.39 is 11.9 Å². The van der Waals surface area contributed by atoms with Gasteiger partial charge in [0.1, 0.15) is 18.1 Å². The van der Waals surface area contributed by atoms with Crippen molar-refractivity contribution in [1.82, 2.24) is 4.98 Å². The average molecular weight is 524 g/mol. The molecule has 0 saturated carbocycles. The van der Waals surface area contributed by atoms with Gasteiger partial charge in [-0.25, -0.2) is 4.39 Å². The summed E-state index contributed by atoms with van der Waals surface area (Å²) in [7, 11) is 1.54. The third-order valence-electron chi connectivity index (χ3n) is 6.57. The maximum Gasteiger partial charge on any atom is 0.433 e. The summed E-state index contributed by atoms with van der Waals surface area (Å²) >= 11 is 0. The van der Waals surface area contributed by atoms with Gasteiger partial charge in [0.05, 0.1) is 31.2 Å². The van der Waals surface area contributed by atoms with Crippen LogP contribution in [0.2, 0.25) is 0 Å². The third-order valence-corrected chi connectivity index (χ3v) is 6.57. The fraction of sp³-hybridized carbons (Fsp3) is 0.207. The minimum absolute atomic E-state index is 0.00230. The van der Waals surface area contributed by atoms with Gasteiger partial charge >= 0.3 is 6.18 Å². The van der Waals surface area contributed by atoms with E-state index in [-0.39, 0.29) is 18.5 Å². The number of nitrogens with one attached hydrogen (secondary N) is 1. The molecule has 0 amide bonds. The van der Waals surface area contributed by atoms with Crippen molar-refractivity contribution >= 4 is 11.4 Å². The van der Waals surface area contributed by atoms with Crippen molar-refractivity contribution in [3.8, 4) is 22.6 Å². The van der Waals surface area contributed by atoms with Crippen LogP contribution in [0, 0.1) is 5.82 Å². The summed E-state index contributed by atoms with van der Waals surface area (Å²) in [6, 6.07) is 20.5. The Morgan fingerprint density at radius 3 is 2.39 bits per heavy atom. The summed E-state index contributed by atoms with van der Waals surface area (Å²) in [6.45, 7) is 2.76. The van der Waals surface area contributed by atoms with E-state index in [2.05, 4.69) is 34.3 Å². The van der Waals surface area contributed by atoms with E-state index in [4.69, 9.17) is 9.47 Å². The monoisotopic (exact) mass is 523 g/mol. The van der Waals surface area contributed by atoms with Gasteiger partial charge in [0, 0.05) is 11.8 Å². The van der Waals surface area contributed by atoms with Crippen LogP contribution in [0.15, 0.2) is 79.0 Å². The molecule has 1 aliphatic rings. The summed E-state index contributed by atoms with van der Waals surface area (Å²) in [5.41, 5.74) is 4.56. The van der Waals surface area contributed by atoms with Crippen molar-refractivity contribution in [2.24, 2.45) is 0 Å². The molecule has 0 bridgehead atoms. The topological polar surface area (TPSA) is 46.6 Å². The smallest absolute Gasteiger partial charge is 0.433 e. The second-order valence-electron chi connectivity index (χ2n) is 8.97. The highest BCUT2D eigenvalue weighted by atomic mass is 19.4. The lowest BCUT2D eigenvalue weighted by Crippen LogP contribution is -2.26. The van der Waals surface area contributed by atoms with Crippen molar-refractivity contribution in [3.05, 3.63) is 102 Å². The molecule has 9 heteroatoms.